The van der Waals surface area contributed by atoms with Gasteiger partial charge in [-0.05, 0) is 18.8 Å². The monoisotopic (exact) mass is 256 g/mol. The van der Waals surface area contributed by atoms with Crippen molar-refractivity contribution in [3.05, 3.63) is 15.6 Å². The van der Waals surface area contributed by atoms with Crippen LogP contribution in [0.5, 0.6) is 0 Å². The number of nitrogens with two attached hydrogens (primary N) is 1. The Bertz CT molecular complexity index is 409. The van der Waals surface area contributed by atoms with Crippen LogP contribution in [0.1, 0.15) is 66.8 Å². The molecule has 0 aliphatic carbocycles. The minimum Gasteiger partial charge on any atom is -0.477 e. The Balaban J connectivity index is 3.29. The number of nitrogens with zero attached hydrogens (tertiary/aromatic N) is 1. The van der Waals surface area contributed by atoms with E-state index in [1.165, 1.54) is 11.3 Å². The van der Waals surface area contributed by atoms with E-state index < -0.39 is 11.5 Å². The predicted molar refractivity (Wildman–Crippen MR) is 69.6 cm³/mol. The van der Waals surface area contributed by atoms with Gasteiger partial charge < -0.3 is 10.8 Å². The lowest BCUT2D eigenvalue weighted by molar-refractivity contribution is 0.0700. The Morgan fingerprint density at radius 3 is 2.29 bits per heavy atom. The molecule has 3 N–H and O–H groups in total. The van der Waals surface area contributed by atoms with E-state index in [1.807, 2.05) is 27.7 Å². The Morgan fingerprint density at radius 1 is 1.47 bits per heavy atom. The van der Waals surface area contributed by atoms with Crippen LogP contribution in [0, 0.1) is 0 Å². The molecule has 0 aromatic carbocycles. The van der Waals surface area contributed by atoms with E-state index in [2.05, 4.69) is 4.98 Å². The number of aromatic nitrogens is 1. The normalized spacial score (nSPS) is 12.1. The Hall–Kier alpha value is -0.940. The van der Waals surface area contributed by atoms with Gasteiger partial charge in [-0.1, -0.05) is 27.7 Å². The molecule has 1 heterocycles. The number of carboxylic acid groups (broad SMARTS) is 1. The second kappa shape index (κ2) is 5.14. The number of carboxylic acids is 1. The summed E-state index contributed by atoms with van der Waals surface area (Å²) in [5.74, 6) is -0.809. The average molecular weight is 256 g/mol. The molecule has 0 saturated carbocycles. The molecule has 0 bridgehead atoms. The third-order valence-electron chi connectivity index (χ3n) is 3.08. The summed E-state index contributed by atoms with van der Waals surface area (Å²) in [5.41, 5.74) is 6.40. The van der Waals surface area contributed by atoms with Gasteiger partial charge in [0.1, 0.15) is 9.88 Å². The first-order chi connectivity index (χ1) is 7.85. The highest BCUT2D eigenvalue weighted by Gasteiger charge is 2.30. The van der Waals surface area contributed by atoms with Crippen molar-refractivity contribution in [2.45, 2.75) is 52.0 Å². The van der Waals surface area contributed by atoms with Gasteiger partial charge in [0.25, 0.3) is 0 Å². The average Bonchev–Trinajstić information content (AvgIpc) is 2.73. The third-order valence-corrected chi connectivity index (χ3v) is 4.36. The molecule has 0 fully saturated rings. The fraction of sp³-hybridized carbons (Fsp3) is 0.667. The van der Waals surface area contributed by atoms with Crippen LogP contribution in [0.3, 0.4) is 0 Å². The van der Waals surface area contributed by atoms with E-state index in [-0.39, 0.29) is 5.92 Å². The molecule has 1 aromatic heterocycles. The molecule has 96 valence electrons. The number of carbonyl (C=O) groups is 1. The molecule has 0 unspecified atom stereocenters. The summed E-state index contributed by atoms with van der Waals surface area (Å²) in [7, 11) is 0. The molecule has 0 aliphatic rings. The van der Waals surface area contributed by atoms with Gasteiger partial charge in [0.2, 0.25) is 0 Å². The molecule has 1 rings (SSSR count). The third kappa shape index (κ3) is 2.66. The van der Waals surface area contributed by atoms with Crippen LogP contribution in [0.25, 0.3) is 0 Å². The van der Waals surface area contributed by atoms with Crippen molar-refractivity contribution >= 4 is 17.3 Å². The highest BCUT2D eigenvalue weighted by molar-refractivity contribution is 7.13. The molecular weight excluding hydrogens is 236 g/mol. The van der Waals surface area contributed by atoms with Crippen molar-refractivity contribution in [1.29, 1.82) is 0 Å². The van der Waals surface area contributed by atoms with Gasteiger partial charge >= 0.3 is 5.97 Å². The molecule has 0 saturated heterocycles. The lowest BCUT2D eigenvalue weighted by Crippen LogP contribution is -2.35. The highest BCUT2D eigenvalue weighted by Crippen LogP contribution is 2.33. The van der Waals surface area contributed by atoms with Crippen LogP contribution < -0.4 is 5.73 Å². The molecule has 0 atom stereocenters. The van der Waals surface area contributed by atoms with E-state index in [0.717, 1.165) is 17.8 Å². The molecule has 0 radical (unpaired) electrons. The number of hydrogen-bond acceptors (Lipinski definition) is 4. The van der Waals surface area contributed by atoms with Gasteiger partial charge in [-0.3, -0.25) is 0 Å². The van der Waals surface area contributed by atoms with E-state index in [9.17, 15) is 4.79 Å². The lowest BCUT2D eigenvalue weighted by atomic mass is 9.95. The minimum absolute atomic E-state index is 0.101. The maximum Gasteiger partial charge on any atom is 0.347 e. The standard InChI is InChI=1S/C12H20N2O2S/c1-5-12(13,6-2)11-14-8(7(3)4)9(17-11)10(15)16/h7H,5-6,13H2,1-4H3,(H,15,16). The fourth-order valence-corrected chi connectivity index (χ4v) is 2.94. The number of hydrogen-bond donors (Lipinski definition) is 2. The number of aromatic carboxylic acids is 1. The van der Waals surface area contributed by atoms with Crippen molar-refractivity contribution in [2.24, 2.45) is 5.73 Å². The van der Waals surface area contributed by atoms with Gasteiger partial charge in [0.15, 0.2) is 0 Å². The number of rotatable bonds is 5. The van der Waals surface area contributed by atoms with E-state index in [4.69, 9.17) is 10.8 Å². The van der Waals surface area contributed by atoms with Crippen LogP contribution in [-0.4, -0.2) is 16.1 Å². The summed E-state index contributed by atoms with van der Waals surface area (Å²) in [6.07, 6.45) is 1.52. The first kappa shape index (κ1) is 14.1. The van der Waals surface area contributed by atoms with Crippen LogP contribution in [-0.2, 0) is 5.54 Å². The molecule has 0 aliphatic heterocycles. The van der Waals surface area contributed by atoms with Gasteiger partial charge in [-0.25, -0.2) is 9.78 Å². The van der Waals surface area contributed by atoms with Gasteiger partial charge in [-0.15, -0.1) is 11.3 Å². The SMILES string of the molecule is CCC(N)(CC)c1nc(C(C)C)c(C(=O)O)s1. The molecule has 1 aromatic rings. The van der Waals surface area contributed by atoms with Crippen LogP contribution in [0.2, 0.25) is 0 Å². The Labute approximate surface area is 106 Å². The van der Waals surface area contributed by atoms with Crippen molar-refractivity contribution in [2.75, 3.05) is 0 Å². The van der Waals surface area contributed by atoms with E-state index >= 15 is 0 Å². The van der Waals surface area contributed by atoms with E-state index in [0.29, 0.717) is 10.6 Å². The summed E-state index contributed by atoms with van der Waals surface area (Å²) in [6.45, 7) is 7.89. The quantitative estimate of drug-likeness (QED) is 0.849. The van der Waals surface area contributed by atoms with Crippen LogP contribution in [0.4, 0.5) is 0 Å². The summed E-state index contributed by atoms with van der Waals surface area (Å²) in [5, 5.41) is 9.91. The minimum atomic E-state index is -0.910. The Morgan fingerprint density at radius 2 is 2.00 bits per heavy atom. The van der Waals surface area contributed by atoms with E-state index in [1.54, 1.807) is 0 Å². The van der Waals surface area contributed by atoms with Crippen LogP contribution in [0.15, 0.2) is 0 Å². The zero-order valence-electron chi connectivity index (χ0n) is 10.8. The molecule has 0 amide bonds. The smallest absolute Gasteiger partial charge is 0.347 e. The van der Waals surface area contributed by atoms with Crippen molar-refractivity contribution < 1.29 is 9.90 Å². The van der Waals surface area contributed by atoms with Gasteiger partial charge in [0.05, 0.1) is 11.2 Å². The molecule has 17 heavy (non-hydrogen) atoms. The molecule has 4 nitrogen and oxygen atoms in total. The largest absolute Gasteiger partial charge is 0.477 e. The second-order valence-corrected chi connectivity index (χ2v) is 5.56. The summed E-state index contributed by atoms with van der Waals surface area (Å²) in [6, 6.07) is 0. The topological polar surface area (TPSA) is 76.2 Å². The number of thiazole rings is 1. The molecular formula is C12H20N2O2S. The zero-order valence-corrected chi connectivity index (χ0v) is 11.6. The van der Waals surface area contributed by atoms with Crippen molar-refractivity contribution in [3.63, 3.8) is 0 Å². The molecule has 5 heteroatoms. The predicted octanol–water partition coefficient (Wildman–Crippen LogP) is 2.94. The summed E-state index contributed by atoms with van der Waals surface area (Å²) < 4.78 is 0. The fourth-order valence-electron chi connectivity index (χ4n) is 1.64. The maximum atomic E-state index is 11.2. The zero-order chi connectivity index (χ0) is 13.2. The van der Waals surface area contributed by atoms with Crippen molar-refractivity contribution in [1.82, 2.24) is 4.98 Å². The summed E-state index contributed by atoms with van der Waals surface area (Å²) >= 11 is 1.22. The summed E-state index contributed by atoms with van der Waals surface area (Å²) in [4.78, 5) is 16.0. The molecule has 0 spiro atoms. The van der Waals surface area contributed by atoms with Crippen molar-refractivity contribution in [3.8, 4) is 0 Å². The van der Waals surface area contributed by atoms with Crippen LogP contribution >= 0.6 is 11.3 Å². The van der Waals surface area contributed by atoms with Gasteiger partial charge in [0, 0.05) is 0 Å². The highest BCUT2D eigenvalue weighted by atomic mass is 32.1. The maximum absolute atomic E-state index is 11.2. The lowest BCUT2D eigenvalue weighted by Gasteiger charge is -2.23. The Kier molecular flexibility index (Phi) is 4.27. The first-order valence-corrected chi connectivity index (χ1v) is 6.70. The van der Waals surface area contributed by atoms with Gasteiger partial charge in [-0.2, -0.15) is 0 Å². The first-order valence-electron chi connectivity index (χ1n) is 5.89. The second-order valence-electron chi connectivity index (χ2n) is 4.56.